The van der Waals surface area contributed by atoms with Gasteiger partial charge in [0.2, 0.25) is 0 Å². The van der Waals surface area contributed by atoms with Crippen LogP contribution in [0, 0.1) is 13.8 Å². The van der Waals surface area contributed by atoms with Crippen LogP contribution in [0.1, 0.15) is 30.1 Å². The van der Waals surface area contributed by atoms with Crippen LogP contribution in [0.25, 0.3) is 0 Å². The van der Waals surface area contributed by atoms with E-state index in [1.54, 1.807) is 13.1 Å². The van der Waals surface area contributed by atoms with Gasteiger partial charge in [-0.05, 0) is 20.8 Å². The molecule has 1 atom stereocenters. The van der Waals surface area contributed by atoms with Crippen molar-refractivity contribution in [2.75, 3.05) is 0 Å². The zero-order valence-electron chi connectivity index (χ0n) is 7.00. The van der Waals surface area contributed by atoms with E-state index in [4.69, 9.17) is 0 Å². The molecule has 0 bridgehead atoms. The second-order valence-electron chi connectivity index (χ2n) is 2.66. The largest absolute Gasteiger partial charge is 0.387 e. The number of nitrogens with zero attached hydrogens (tertiary/aromatic N) is 2. The molecule has 60 valence electrons. The number of aliphatic hydroxyl groups is 1. The molecular weight excluding hydrogens is 140 g/mol. The first-order chi connectivity index (χ1) is 5.11. The summed E-state index contributed by atoms with van der Waals surface area (Å²) in [5.74, 6) is 0. The second-order valence-corrected chi connectivity index (χ2v) is 2.66. The van der Waals surface area contributed by atoms with E-state index >= 15 is 0 Å². The van der Waals surface area contributed by atoms with Crippen molar-refractivity contribution >= 4 is 0 Å². The fraction of sp³-hybridized carbons (Fsp3) is 0.500. The predicted octanol–water partition coefficient (Wildman–Crippen LogP) is 1.15. The van der Waals surface area contributed by atoms with Crippen molar-refractivity contribution in [2.24, 2.45) is 0 Å². The lowest BCUT2D eigenvalue weighted by atomic mass is 10.2. The molecule has 1 N–H and O–H groups in total. The molecular formula is C8H12N2O. The van der Waals surface area contributed by atoms with E-state index in [-0.39, 0.29) is 0 Å². The van der Waals surface area contributed by atoms with Crippen LogP contribution in [-0.2, 0) is 0 Å². The summed E-state index contributed by atoms with van der Waals surface area (Å²) in [5.41, 5.74) is 2.31. The molecule has 0 aromatic carbocycles. The molecule has 1 aromatic heterocycles. The Labute approximate surface area is 66.1 Å². The molecule has 0 saturated carbocycles. The highest BCUT2D eigenvalue weighted by atomic mass is 16.3. The van der Waals surface area contributed by atoms with Gasteiger partial charge in [-0.15, -0.1) is 0 Å². The fourth-order valence-corrected chi connectivity index (χ4v) is 0.952. The first-order valence-corrected chi connectivity index (χ1v) is 3.59. The maximum atomic E-state index is 9.23. The molecule has 0 fully saturated rings. The van der Waals surface area contributed by atoms with Gasteiger partial charge in [0, 0.05) is 6.20 Å². The van der Waals surface area contributed by atoms with Crippen molar-refractivity contribution in [2.45, 2.75) is 26.9 Å². The summed E-state index contributed by atoms with van der Waals surface area (Å²) in [7, 11) is 0. The topological polar surface area (TPSA) is 46.0 Å². The van der Waals surface area contributed by atoms with Gasteiger partial charge in [-0.3, -0.25) is 9.97 Å². The smallest absolute Gasteiger partial charge is 0.0950 e. The molecule has 0 aliphatic carbocycles. The van der Waals surface area contributed by atoms with Gasteiger partial charge in [0.1, 0.15) is 0 Å². The van der Waals surface area contributed by atoms with Crippen LogP contribution in [0.15, 0.2) is 6.20 Å². The minimum atomic E-state index is -0.526. The van der Waals surface area contributed by atoms with Gasteiger partial charge < -0.3 is 5.11 Å². The van der Waals surface area contributed by atoms with Crippen molar-refractivity contribution in [1.29, 1.82) is 0 Å². The minimum absolute atomic E-state index is 0.526. The van der Waals surface area contributed by atoms with E-state index in [0.29, 0.717) is 5.69 Å². The van der Waals surface area contributed by atoms with E-state index < -0.39 is 6.10 Å². The predicted molar refractivity (Wildman–Crippen MR) is 42.1 cm³/mol. The fourth-order valence-electron chi connectivity index (χ4n) is 0.952. The normalized spacial score (nSPS) is 13.1. The summed E-state index contributed by atoms with van der Waals surface area (Å²) >= 11 is 0. The average molecular weight is 152 g/mol. The van der Waals surface area contributed by atoms with Crippen LogP contribution >= 0.6 is 0 Å². The van der Waals surface area contributed by atoms with E-state index in [1.165, 1.54) is 0 Å². The number of hydrogen-bond donors (Lipinski definition) is 1. The Bertz CT molecular complexity index is 258. The Morgan fingerprint density at radius 2 is 2.09 bits per heavy atom. The van der Waals surface area contributed by atoms with Crippen LogP contribution in [-0.4, -0.2) is 15.1 Å². The SMILES string of the molecule is Cc1cnc(C)c([C@@H](C)O)n1. The first kappa shape index (κ1) is 8.14. The average Bonchev–Trinajstić information content (AvgIpc) is 1.94. The van der Waals surface area contributed by atoms with Gasteiger partial charge in [-0.2, -0.15) is 0 Å². The highest BCUT2D eigenvalue weighted by molar-refractivity contribution is 5.13. The van der Waals surface area contributed by atoms with Gasteiger partial charge in [0.25, 0.3) is 0 Å². The lowest BCUT2D eigenvalue weighted by molar-refractivity contribution is 0.192. The van der Waals surface area contributed by atoms with E-state index in [1.807, 2.05) is 13.8 Å². The molecule has 0 unspecified atom stereocenters. The molecule has 0 radical (unpaired) electrons. The second kappa shape index (κ2) is 2.96. The molecule has 11 heavy (non-hydrogen) atoms. The van der Waals surface area contributed by atoms with Crippen molar-refractivity contribution in [3.8, 4) is 0 Å². The molecule has 0 aliphatic rings. The lowest BCUT2D eigenvalue weighted by Crippen LogP contribution is -2.02. The standard InChI is InChI=1S/C8H12N2O/c1-5-4-9-6(2)8(10-5)7(3)11/h4,7,11H,1-3H3/t7-/m1/s1. The van der Waals surface area contributed by atoms with Crippen LogP contribution in [0.4, 0.5) is 0 Å². The van der Waals surface area contributed by atoms with Crippen LogP contribution in [0.2, 0.25) is 0 Å². The Hall–Kier alpha value is -0.960. The Morgan fingerprint density at radius 3 is 2.55 bits per heavy atom. The zero-order chi connectivity index (χ0) is 8.43. The summed E-state index contributed by atoms with van der Waals surface area (Å²) in [6, 6.07) is 0. The van der Waals surface area contributed by atoms with E-state index in [2.05, 4.69) is 9.97 Å². The van der Waals surface area contributed by atoms with Gasteiger partial charge in [0.15, 0.2) is 0 Å². The zero-order valence-corrected chi connectivity index (χ0v) is 7.00. The molecule has 1 aromatic rings. The van der Waals surface area contributed by atoms with Gasteiger partial charge >= 0.3 is 0 Å². The number of rotatable bonds is 1. The highest BCUT2D eigenvalue weighted by Crippen LogP contribution is 2.11. The summed E-state index contributed by atoms with van der Waals surface area (Å²) in [6.45, 7) is 5.39. The third kappa shape index (κ3) is 1.74. The van der Waals surface area contributed by atoms with Crippen molar-refractivity contribution in [3.63, 3.8) is 0 Å². The third-order valence-corrected chi connectivity index (χ3v) is 1.51. The highest BCUT2D eigenvalue weighted by Gasteiger charge is 2.06. The summed E-state index contributed by atoms with van der Waals surface area (Å²) in [4.78, 5) is 8.24. The van der Waals surface area contributed by atoms with E-state index in [9.17, 15) is 5.11 Å². The number of aliphatic hydroxyl groups excluding tert-OH is 1. The molecule has 0 aliphatic heterocycles. The molecule has 1 heterocycles. The van der Waals surface area contributed by atoms with Crippen molar-refractivity contribution in [3.05, 3.63) is 23.3 Å². The molecule has 0 spiro atoms. The van der Waals surface area contributed by atoms with Crippen molar-refractivity contribution in [1.82, 2.24) is 9.97 Å². The van der Waals surface area contributed by atoms with Crippen LogP contribution in [0.5, 0.6) is 0 Å². The lowest BCUT2D eigenvalue weighted by Gasteiger charge is -2.06. The number of aromatic nitrogens is 2. The van der Waals surface area contributed by atoms with Crippen molar-refractivity contribution < 1.29 is 5.11 Å². The Morgan fingerprint density at radius 1 is 1.45 bits per heavy atom. The number of hydrogen-bond acceptors (Lipinski definition) is 3. The summed E-state index contributed by atoms with van der Waals surface area (Å²) in [6.07, 6.45) is 1.17. The van der Waals surface area contributed by atoms with Gasteiger partial charge in [0.05, 0.1) is 23.2 Å². The minimum Gasteiger partial charge on any atom is -0.387 e. The summed E-state index contributed by atoms with van der Waals surface area (Å²) < 4.78 is 0. The maximum Gasteiger partial charge on any atom is 0.0950 e. The Kier molecular flexibility index (Phi) is 2.19. The van der Waals surface area contributed by atoms with Gasteiger partial charge in [-0.25, -0.2) is 0 Å². The van der Waals surface area contributed by atoms with E-state index in [0.717, 1.165) is 11.4 Å². The molecule has 0 saturated heterocycles. The molecule has 1 rings (SSSR count). The number of aryl methyl sites for hydroxylation is 2. The first-order valence-electron chi connectivity index (χ1n) is 3.59. The third-order valence-electron chi connectivity index (χ3n) is 1.51. The molecule has 3 nitrogen and oxygen atoms in total. The Balaban J connectivity index is 3.13. The quantitative estimate of drug-likeness (QED) is 0.656. The van der Waals surface area contributed by atoms with Gasteiger partial charge in [-0.1, -0.05) is 0 Å². The van der Waals surface area contributed by atoms with Crippen LogP contribution < -0.4 is 0 Å². The maximum absolute atomic E-state index is 9.23. The van der Waals surface area contributed by atoms with Crippen LogP contribution in [0.3, 0.4) is 0 Å². The molecule has 0 amide bonds. The monoisotopic (exact) mass is 152 g/mol. The summed E-state index contributed by atoms with van der Waals surface area (Å²) in [5, 5.41) is 9.23. The molecule has 3 heteroatoms.